The van der Waals surface area contributed by atoms with Gasteiger partial charge in [0.1, 0.15) is 5.75 Å². The van der Waals surface area contributed by atoms with Crippen molar-refractivity contribution in [3.63, 3.8) is 0 Å². The lowest BCUT2D eigenvalue weighted by Gasteiger charge is -2.36. The molecule has 188 valence electrons. The lowest BCUT2D eigenvalue weighted by molar-refractivity contribution is 0.0746. The lowest BCUT2D eigenvalue weighted by Crippen LogP contribution is -2.49. The van der Waals surface area contributed by atoms with Gasteiger partial charge in [-0.2, -0.15) is 0 Å². The Balaban J connectivity index is 1.36. The quantitative estimate of drug-likeness (QED) is 0.434. The number of amides is 2. The second kappa shape index (κ2) is 11.5. The molecule has 0 radical (unpaired) electrons. The summed E-state index contributed by atoms with van der Waals surface area (Å²) in [6.07, 6.45) is 0. The van der Waals surface area contributed by atoms with Gasteiger partial charge >= 0.3 is 0 Å². The molecule has 3 aromatic carbocycles. The Hall–Kier alpha value is -3.51. The number of ether oxygens (including phenoxy) is 1. The van der Waals surface area contributed by atoms with Gasteiger partial charge in [0.15, 0.2) is 0 Å². The van der Waals surface area contributed by atoms with Gasteiger partial charge in [-0.1, -0.05) is 49.7 Å². The van der Waals surface area contributed by atoms with E-state index in [0.717, 1.165) is 16.8 Å². The van der Waals surface area contributed by atoms with Gasteiger partial charge in [0.25, 0.3) is 11.8 Å². The Kier molecular flexibility index (Phi) is 8.16. The molecule has 0 aliphatic carbocycles. The number of piperazine rings is 1. The number of nitrogens with one attached hydrogen (secondary N) is 1. The zero-order valence-corrected chi connectivity index (χ0v) is 21.7. The first kappa shape index (κ1) is 25.6. The van der Waals surface area contributed by atoms with Gasteiger partial charge < -0.3 is 19.9 Å². The van der Waals surface area contributed by atoms with Crippen LogP contribution < -0.4 is 15.0 Å². The molecular weight excluding hydrogens is 474 g/mol. The molecule has 0 spiro atoms. The number of nitrogens with zero attached hydrogens (tertiary/aromatic N) is 2. The summed E-state index contributed by atoms with van der Waals surface area (Å²) in [7, 11) is 0. The molecule has 1 fully saturated rings. The van der Waals surface area contributed by atoms with Gasteiger partial charge in [0.2, 0.25) is 0 Å². The van der Waals surface area contributed by atoms with E-state index in [2.05, 4.69) is 24.1 Å². The summed E-state index contributed by atoms with van der Waals surface area (Å²) < 4.78 is 5.73. The van der Waals surface area contributed by atoms with Crippen LogP contribution >= 0.6 is 11.6 Å². The third kappa shape index (κ3) is 6.18. The molecule has 0 aromatic heterocycles. The van der Waals surface area contributed by atoms with Gasteiger partial charge in [-0.05, 0) is 60.9 Å². The monoisotopic (exact) mass is 505 g/mol. The van der Waals surface area contributed by atoms with E-state index >= 15 is 0 Å². The number of carbonyl (C=O) groups is 2. The molecule has 0 atom stereocenters. The zero-order chi connectivity index (χ0) is 25.7. The molecule has 4 rings (SSSR count). The SMILES string of the molecule is Cc1ccccc1C(=O)N1CCN(c2ccc(NC(=O)c3cccc(OCC(C)C)c3)cc2Cl)CC1. The minimum atomic E-state index is -0.225. The Morgan fingerprint density at radius 2 is 1.72 bits per heavy atom. The van der Waals surface area contributed by atoms with Crippen molar-refractivity contribution in [2.24, 2.45) is 5.92 Å². The average molecular weight is 506 g/mol. The highest BCUT2D eigenvalue weighted by Crippen LogP contribution is 2.30. The summed E-state index contributed by atoms with van der Waals surface area (Å²) in [6, 6.07) is 20.4. The highest BCUT2D eigenvalue weighted by atomic mass is 35.5. The normalized spacial score (nSPS) is 13.6. The molecule has 1 aliphatic heterocycles. The third-order valence-corrected chi connectivity index (χ3v) is 6.47. The second-order valence-corrected chi connectivity index (χ2v) is 9.85. The molecule has 3 aromatic rings. The Labute approximate surface area is 217 Å². The summed E-state index contributed by atoms with van der Waals surface area (Å²) in [4.78, 5) is 29.8. The molecule has 1 heterocycles. The molecule has 0 saturated carbocycles. The third-order valence-electron chi connectivity index (χ3n) is 6.17. The molecule has 1 aliphatic rings. The highest BCUT2D eigenvalue weighted by Gasteiger charge is 2.24. The number of anilines is 2. The van der Waals surface area contributed by atoms with Gasteiger partial charge in [-0.3, -0.25) is 9.59 Å². The first-order valence-corrected chi connectivity index (χ1v) is 12.6. The molecule has 0 bridgehead atoms. The van der Waals surface area contributed by atoms with E-state index in [0.29, 0.717) is 60.7 Å². The predicted octanol–water partition coefficient (Wildman–Crippen LogP) is 5.90. The number of benzene rings is 3. The summed E-state index contributed by atoms with van der Waals surface area (Å²) >= 11 is 6.61. The fourth-order valence-corrected chi connectivity index (χ4v) is 4.47. The van der Waals surface area contributed by atoms with Crippen molar-refractivity contribution >= 4 is 34.8 Å². The minimum absolute atomic E-state index is 0.0654. The smallest absolute Gasteiger partial charge is 0.255 e. The Bertz CT molecular complexity index is 1240. The molecule has 36 heavy (non-hydrogen) atoms. The number of halogens is 1. The minimum Gasteiger partial charge on any atom is -0.493 e. The van der Waals surface area contributed by atoms with Gasteiger partial charge in [-0.15, -0.1) is 0 Å². The maximum absolute atomic E-state index is 12.9. The lowest BCUT2D eigenvalue weighted by atomic mass is 10.1. The van der Waals surface area contributed by atoms with E-state index in [1.807, 2.05) is 60.4 Å². The van der Waals surface area contributed by atoms with Crippen LogP contribution in [0.5, 0.6) is 5.75 Å². The van der Waals surface area contributed by atoms with Crippen LogP contribution in [0.15, 0.2) is 66.7 Å². The van der Waals surface area contributed by atoms with E-state index in [9.17, 15) is 9.59 Å². The van der Waals surface area contributed by atoms with E-state index in [4.69, 9.17) is 16.3 Å². The zero-order valence-electron chi connectivity index (χ0n) is 21.0. The Morgan fingerprint density at radius 1 is 0.972 bits per heavy atom. The number of rotatable bonds is 7. The van der Waals surface area contributed by atoms with Crippen LogP contribution in [0.25, 0.3) is 0 Å². The maximum atomic E-state index is 12.9. The first-order chi connectivity index (χ1) is 17.3. The molecule has 2 amide bonds. The van der Waals surface area contributed by atoms with Crippen molar-refractivity contribution in [2.45, 2.75) is 20.8 Å². The summed E-state index contributed by atoms with van der Waals surface area (Å²) in [5.41, 5.74) is 3.77. The van der Waals surface area contributed by atoms with Crippen LogP contribution in [0.3, 0.4) is 0 Å². The molecule has 0 unspecified atom stereocenters. The number of aryl methyl sites for hydroxylation is 1. The first-order valence-electron chi connectivity index (χ1n) is 12.3. The largest absolute Gasteiger partial charge is 0.493 e. The molecular formula is C29H32ClN3O3. The van der Waals surface area contributed by atoms with E-state index in [1.165, 1.54) is 0 Å². The number of hydrogen-bond donors (Lipinski definition) is 1. The van der Waals surface area contributed by atoms with Gasteiger partial charge in [0.05, 0.1) is 17.3 Å². The van der Waals surface area contributed by atoms with Crippen molar-refractivity contribution in [3.05, 3.63) is 88.4 Å². The fourth-order valence-electron chi connectivity index (χ4n) is 4.17. The summed E-state index contributed by atoms with van der Waals surface area (Å²) in [5, 5.41) is 3.47. The van der Waals surface area contributed by atoms with E-state index < -0.39 is 0 Å². The van der Waals surface area contributed by atoms with Crippen LogP contribution in [-0.2, 0) is 0 Å². The fraction of sp³-hybridized carbons (Fsp3) is 0.310. The van der Waals surface area contributed by atoms with Crippen molar-refractivity contribution in [2.75, 3.05) is 43.0 Å². The van der Waals surface area contributed by atoms with Crippen LogP contribution in [0.4, 0.5) is 11.4 Å². The Morgan fingerprint density at radius 3 is 2.42 bits per heavy atom. The summed E-state index contributed by atoms with van der Waals surface area (Å²) in [5.74, 6) is 0.914. The predicted molar refractivity (Wildman–Crippen MR) is 145 cm³/mol. The van der Waals surface area contributed by atoms with Crippen LogP contribution in [0, 0.1) is 12.8 Å². The van der Waals surface area contributed by atoms with Crippen molar-refractivity contribution in [3.8, 4) is 5.75 Å². The average Bonchev–Trinajstić information content (AvgIpc) is 2.88. The van der Waals surface area contributed by atoms with E-state index in [1.54, 1.807) is 18.2 Å². The van der Waals surface area contributed by atoms with Crippen LogP contribution in [0.1, 0.15) is 40.1 Å². The summed E-state index contributed by atoms with van der Waals surface area (Å²) in [6.45, 7) is 9.33. The van der Waals surface area contributed by atoms with Crippen molar-refractivity contribution < 1.29 is 14.3 Å². The van der Waals surface area contributed by atoms with Gasteiger partial charge in [0, 0.05) is 43.0 Å². The van der Waals surface area contributed by atoms with Crippen molar-refractivity contribution in [1.29, 1.82) is 0 Å². The number of carbonyl (C=O) groups excluding carboxylic acids is 2. The van der Waals surface area contributed by atoms with Crippen molar-refractivity contribution in [1.82, 2.24) is 4.90 Å². The second-order valence-electron chi connectivity index (χ2n) is 9.45. The molecule has 7 heteroatoms. The standard InChI is InChI=1S/C29H32ClN3O3/c1-20(2)19-36-24-9-6-8-22(17-24)28(34)31-23-11-12-27(26(30)18-23)32-13-15-33(16-14-32)29(35)25-10-5-4-7-21(25)3/h4-12,17-18,20H,13-16,19H2,1-3H3,(H,31,34). The molecule has 6 nitrogen and oxygen atoms in total. The van der Waals surface area contributed by atoms with E-state index in [-0.39, 0.29) is 11.8 Å². The van der Waals surface area contributed by atoms with Gasteiger partial charge in [-0.25, -0.2) is 0 Å². The number of hydrogen-bond acceptors (Lipinski definition) is 4. The molecule has 1 saturated heterocycles. The topological polar surface area (TPSA) is 61.9 Å². The van der Waals surface area contributed by atoms with Crippen LogP contribution in [-0.4, -0.2) is 49.5 Å². The highest BCUT2D eigenvalue weighted by molar-refractivity contribution is 6.33. The molecule has 1 N–H and O–H groups in total. The maximum Gasteiger partial charge on any atom is 0.255 e. The van der Waals surface area contributed by atoms with Crippen LogP contribution in [0.2, 0.25) is 5.02 Å².